The van der Waals surface area contributed by atoms with Crippen LogP contribution in [0.15, 0.2) is 72.8 Å². The highest BCUT2D eigenvalue weighted by atomic mass is 35.5. The van der Waals surface area contributed by atoms with E-state index in [4.69, 9.17) is 16.3 Å². The van der Waals surface area contributed by atoms with Gasteiger partial charge in [-0.3, -0.25) is 14.4 Å². The van der Waals surface area contributed by atoms with Crippen molar-refractivity contribution in [3.63, 3.8) is 0 Å². The molecule has 1 aliphatic rings. The molecule has 4 rings (SSSR count). The number of imide groups is 1. The normalized spacial score (nSPS) is 15.5. The van der Waals surface area contributed by atoms with E-state index in [2.05, 4.69) is 0 Å². The minimum Gasteiger partial charge on any atom is -0.497 e. The van der Waals surface area contributed by atoms with Crippen molar-refractivity contribution >= 4 is 35.0 Å². The molecule has 1 fully saturated rings. The van der Waals surface area contributed by atoms with Gasteiger partial charge in [-0.05, 0) is 72.6 Å². The Bertz CT molecular complexity index is 1210. The number of rotatable bonds is 7. The molecule has 3 amide bonds. The Balaban J connectivity index is 1.63. The molecular formula is C26H22ClFN2O4. The fourth-order valence-corrected chi connectivity index (χ4v) is 4.17. The van der Waals surface area contributed by atoms with E-state index in [1.807, 2.05) is 12.1 Å². The highest BCUT2D eigenvalue weighted by Crippen LogP contribution is 2.27. The van der Waals surface area contributed by atoms with Gasteiger partial charge in [0.1, 0.15) is 17.6 Å². The van der Waals surface area contributed by atoms with Gasteiger partial charge in [-0.25, -0.2) is 9.29 Å². The van der Waals surface area contributed by atoms with E-state index in [1.165, 1.54) is 36.3 Å². The van der Waals surface area contributed by atoms with Crippen LogP contribution < -0.4 is 9.64 Å². The molecule has 34 heavy (non-hydrogen) atoms. The van der Waals surface area contributed by atoms with E-state index >= 15 is 0 Å². The smallest absolute Gasteiger partial charge is 0.257 e. The quantitative estimate of drug-likeness (QED) is 0.467. The molecule has 174 valence electrons. The van der Waals surface area contributed by atoms with Crippen LogP contribution in [0.4, 0.5) is 10.1 Å². The summed E-state index contributed by atoms with van der Waals surface area (Å²) in [6.45, 7) is 0.201. The first-order valence-electron chi connectivity index (χ1n) is 10.7. The van der Waals surface area contributed by atoms with Crippen LogP contribution in [0.25, 0.3) is 0 Å². The molecule has 1 aliphatic heterocycles. The number of hydrogen-bond donors (Lipinski definition) is 0. The van der Waals surface area contributed by atoms with Gasteiger partial charge in [0.25, 0.3) is 11.8 Å². The second-order valence-electron chi connectivity index (χ2n) is 7.87. The highest BCUT2D eigenvalue weighted by Gasteiger charge is 2.44. The number of carbonyl (C=O) groups excluding carboxylic acids is 3. The van der Waals surface area contributed by atoms with Crippen LogP contribution in [-0.4, -0.2) is 42.3 Å². The molecular weight excluding hydrogens is 459 g/mol. The molecule has 3 aromatic rings. The van der Waals surface area contributed by atoms with Crippen LogP contribution in [0.5, 0.6) is 5.75 Å². The maximum absolute atomic E-state index is 13.5. The monoisotopic (exact) mass is 480 g/mol. The van der Waals surface area contributed by atoms with E-state index < -0.39 is 23.7 Å². The van der Waals surface area contributed by atoms with E-state index in [-0.39, 0.29) is 24.6 Å². The Hall–Kier alpha value is -3.71. The summed E-state index contributed by atoms with van der Waals surface area (Å²) in [5.74, 6) is -1.23. The Labute approximate surface area is 201 Å². The van der Waals surface area contributed by atoms with Gasteiger partial charge in [0.15, 0.2) is 0 Å². The minimum absolute atomic E-state index is 0.159. The van der Waals surface area contributed by atoms with Crippen LogP contribution in [0.1, 0.15) is 22.3 Å². The molecule has 0 N–H and O–H groups in total. The molecule has 3 aromatic carbocycles. The SMILES string of the molecule is COc1ccc(C(=O)N(CCc2cccc(Cl)c2)C2CC(=O)N(c3ccc(F)cc3)C2=O)cc1. The average Bonchev–Trinajstić information content (AvgIpc) is 3.13. The Morgan fingerprint density at radius 1 is 1.09 bits per heavy atom. The zero-order chi connectivity index (χ0) is 24.2. The number of ether oxygens (including phenoxy) is 1. The first-order chi connectivity index (χ1) is 16.4. The van der Waals surface area contributed by atoms with Crippen molar-refractivity contribution in [1.29, 1.82) is 0 Å². The summed E-state index contributed by atoms with van der Waals surface area (Å²) in [5, 5.41) is 0.570. The highest BCUT2D eigenvalue weighted by molar-refractivity contribution is 6.30. The number of nitrogens with zero attached hydrogens (tertiary/aromatic N) is 2. The average molecular weight is 481 g/mol. The molecule has 1 heterocycles. The number of benzene rings is 3. The Morgan fingerprint density at radius 2 is 1.79 bits per heavy atom. The lowest BCUT2D eigenvalue weighted by molar-refractivity contribution is -0.122. The molecule has 1 unspecified atom stereocenters. The second-order valence-corrected chi connectivity index (χ2v) is 8.31. The van der Waals surface area contributed by atoms with E-state index in [1.54, 1.807) is 36.4 Å². The van der Waals surface area contributed by atoms with Crippen LogP contribution in [0.3, 0.4) is 0 Å². The number of carbonyl (C=O) groups is 3. The maximum atomic E-state index is 13.5. The van der Waals surface area contributed by atoms with Gasteiger partial charge in [-0.1, -0.05) is 23.7 Å². The fraction of sp³-hybridized carbons (Fsp3) is 0.192. The maximum Gasteiger partial charge on any atom is 0.257 e. The summed E-state index contributed by atoms with van der Waals surface area (Å²) in [5.41, 5.74) is 1.53. The van der Waals surface area contributed by atoms with Crippen molar-refractivity contribution in [2.24, 2.45) is 0 Å². The van der Waals surface area contributed by atoms with Crippen molar-refractivity contribution in [1.82, 2.24) is 4.90 Å². The van der Waals surface area contributed by atoms with Crippen LogP contribution in [0.2, 0.25) is 5.02 Å². The first-order valence-corrected chi connectivity index (χ1v) is 11.1. The van der Waals surface area contributed by atoms with Crippen molar-refractivity contribution in [2.75, 3.05) is 18.6 Å². The Morgan fingerprint density at radius 3 is 2.44 bits per heavy atom. The van der Waals surface area contributed by atoms with Crippen molar-refractivity contribution in [3.05, 3.63) is 94.8 Å². The number of hydrogen-bond acceptors (Lipinski definition) is 4. The van der Waals surface area contributed by atoms with Gasteiger partial charge in [0.05, 0.1) is 19.2 Å². The number of methoxy groups -OCH3 is 1. The third kappa shape index (κ3) is 4.94. The van der Waals surface area contributed by atoms with Gasteiger partial charge < -0.3 is 9.64 Å². The number of amides is 3. The van der Waals surface area contributed by atoms with Crippen molar-refractivity contribution in [2.45, 2.75) is 18.9 Å². The summed E-state index contributed by atoms with van der Waals surface area (Å²) >= 11 is 6.09. The summed E-state index contributed by atoms with van der Waals surface area (Å²) in [6, 6.07) is 17.9. The summed E-state index contributed by atoms with van der Waals surface area (Å²) in [4.78, 5) is 42.0. The molecule has 0 radical (unpaired) electrons. The zero-order valence-corrected chi connectivity index (χ0v) is 19.2. The standard InChI is InChI=1S/C26H22ClFN2O4/c1-34-22-11-5-18(6-12-22)25(32)29(14-13-17-3-2-4-19(27)15-17)23-16-24(31)30(26(23)33)21-9-7-20(28)8-10-21/h2-12,15,23H,13-14,16H2,1H3. The molecule has 0 saturated carbocycles. The largest absolute Gasteiger partial charge is 0.497 e. The first kappa shape index (κ1) is 23.4. The van der Waals surface area contributed by atoms with Crippen molar-refractivity contribution in [3.8, 4) is 5.75 Å². The fourth-order valence-electron chi connectivity index (χ4n) is 3.96. The number of anilines is 1. The van der Waals surface area contributed by atoms with Gasteiger partial charge in [0, 0.05) is 17.1 Å². The number of halogens is 2. The summed E-state index contributed by atoms with van der Waals surface area (Å²) < 4.78 is 18.5. The molecule has 1 saturated heterocycles. The van der Waals surface area contributed by atoms with Crippen LogP contribution in [-0.2, 0) is 16.0 Å². The molecule has 0 bridgehead atoms. The molecule has 0 spiro atoms. The third-order valence-electron chi connectivity index (χ3n) is 5.71. The Kier molecular flexibility index (Phi) is 6.93. The topological polar surface area (TPSA) is 66.9 Å². The lowest BCUT2D eigenvalue weighted by Gasteiger charge is -2.28. The molecule has 6 nitrogen and oxygen atoms in total. The van der Waals surface area contributed by atoms with Gasteiger partial charge in [-0.2, -0.15) is 0 Å². The van der Waals surface area contributed by atoms with Gasteiger partial charge in [-0.15, -0.1) is 0 Å². The van der Waals surface area contributed by atoms with Crippen LogP contribution in [0, 0.1) is 5.82 Å². The van der Waals surface area contributed by atoms with Gasteiger partial charge >= 0.3 is 0 Å². The van der Waals surface area contributed by atoms with E-state index in [0.717, 1.165) is 10.5 Å². The lowest BCUT2D eigenvalue weighted by atomic mass is 10.1. The predicted octanol–water partition coefficient (Wildman–Crippen LogP) is 4.50. The third-order valence-corrected chi connectivity index (χ3v) is 5.95. The minimum atomic E-state index is -0.980. The molecule has 0 aromatic heterocycles. The van der Waals surface area contributed by atoms with Crippen LogP contribution >= 0.6 is 11.6 Å². The van der Waals surface area contributed by atoms with E-state index in [0.29, 0.717) is 22.8 Å². The molecule has 1 atom stereocenters. The molecule has 0 aliphatic carbocycles. The summed E-state index contributed by atoms with van der Waals surface area (Å²) in [7, 11) is 1.53. The van der Waals surface area contributed by atoms with Gasteiger partial charge in [0.2, 0.25) is 5.91 Å². The lowest BCUT2D eigenvalue weighted by Crippen LogP contribution is -2.46. The molecule has 8 heteroatoms. The van der Waals surface area contributed by atoms with E-state index in [9.17, 15) is 18.8 Å². The summed E-state index contributed by atoms with van der Waals surface area (Å²) in [6.07, 6.45) is 0.282. The predicted molar refractivity (Wildman–Crippen MR) is 126 cm³/mol. The van der Waals surface area contributed by atoms with Crippen molar-refractivity contribution < 1.29 is 23.5 Å². The zero-order valence-electron chi connectivity index (χ0n) is 18.4. The second kappa shape index (κ2) is 10.1.